The molecule has 5 heteroatoms. The average Bonchev–Trinajstić information content (AvgIpc) is 2.60. The number of para-hydroxylation sites is 1. The van der Waals surface area contributed by atoms with Crippen LogP contribution in [0.15, 0.2) is 30.3 Å². The van der Waals surface area contributed by atoms with E-state index in [1.54, 1.807) is 0 Å². The fourth-order valence-corrected chi connectivity index (χ4v) is 4.67. The molecule has 2 unspecified atom stereocenters. The summed E-state index contributed by atoms with van der Waals surface area (Å²) in [6, 6.07) is 9.94. The first-order chi connectivity index (χ1) is 13.3. The van der Waals surface area contributed by atoms with E-state index in [-0.39, 0.29) is 11.2 Å². The quantitative estimate of drug-likeness (QED) is 0.827. The fraction of sp³-hybridized carbons (Fsp3) is 0.522. The van der Waals surface area contributed by atoms with Crippen molar-refractivity contribution in [3.05, 3.63) is 41.6 Å². The van der Waals surface area contributed by atoms with Crippen LogP contribution < -0.4 is 10.2 Å². The van der Waals surface area contributed by atoms with Crippen molar-refractivity contribution in [1.29, 1.82) is 0 Å². The minimum atomic E-state index is -0.0673. The molecule has 4 rings (SSSR count). The van der Waals surface area contributed by atoms with Crippen molar-refractivity contribution in [1.82, 2.24) is 9.97 Å². The summed E-state index contributed by atoms with van der Waals surface area (Å²) in [6.45, 7) is 10.8. The van der Waals surface area contributed by atoms with Gasteiger partial charge in [-0.25, -0.2) is 4.98 Å². The van der Waals surface area contributed by atoms with Gasteiger partial charge >= 0.3 is 0 Å². The molecule has 28 heavy (non-hydrogen) atoms. The highest BCUT2D eigenvalue weighted by Gasteiger charge is 2.36. The molecule has 2 atom stereocenters. The number of nitrogens with one attached hydrogen (secondary N) is 1. The minimum Gasteiger partial charge on any atom is -0.340 e. The van der Waals surface area contributed by atoms with E-state index in [9.17, 15) is 4.79 Å². The van der Waals surface area contributed by atoms with Gasteiger partial charge in [0.25, 0.3) is 0 Å². The van der Waals surface area contributed by atoms with E-state index in [2.05, 4.69) is 37.9 Å². The third-order valence-corrected chi connectivity index (χ3v) is 5.72. The molecule has 1 aliphatic carbocycles. The van der Waals surface area contributed by atoms with Crippen LogP contribution >= 0.6 is 0 Å². The van der Waals surface area contributed by atoms with Crippen LogP contribution in [0.2, 0.25) is 0 Å². The second-order valence-corrected chi connectivity index (χ2v) is 9.48. The molecule has 5 nitrogen and oxygen atoms in total. The Kier molecular flexibility index (Phi) is 4.86. The van der Waals surface area contributed by atoms with Crippen molar-refractivity contribution in [3.8, 4) is 0 Å². The minimum absolute atomic E-state index is 0.0673. The van der Waals surface area contributed by atoms with Gasteiger partial charge in [0, 0.05) is 25.2 Å². The molecule has 2 aliphatic rings. The Hall–Kier alpha value is -2.43. The first-order valence-corrected chi connectivity index (χ1v) is 10.3. The van der Waals surface area contributed by atoms with E-state index in [1.165, 1.54) is 6.42 Å². The largest absolute Gasteiger partial charge is 0.340 e. The second-order valence-electron chi connectivity index (χ2n) is 9.48. The number of rotatable bonds is 3. The Bertz CT molecular complexity index is 868. The first kappa shape index (κ1) is 18.9. The number of Topliss-reactive ketones (excluding diaryl/α,β-unsaturated/α-hetero) is 1. The molecule has 2 aromatic rings. The van der Waals surface area contributed by atoms with Gasteiger partial charge in [0.2, 0.25) is 5.95 Å². The fourth-order valence-electron chi connectivity index (χ4n) is 4.67. The lowest BCUT2D eigenvalue weighted by Gasteiger charge is -2.36. The van der Waals surface area contributed by atoms with Crippen molar-refractivity contribution in [2.45, 2.75) is 47.0 Å². The summed E-state index contributed by atoms with van der Waals surface area (Å²) in [7, 11) is 0. The number of fused-ring (bicyclic) bond motifs is 1. The summed E-state index contributed by atoms with van der Waals surface area (Å²) in [5.74, 6) is 2.77. The highest BCUT2D eigenvalue weighted by molar-refractivity contribution is 6.03. The number of nitrogens with zero attached hydrogens (tertiary/aromatic N) is 3. The van der Waals surface area contributed by atoms with Crippen molar-refractivity contribution >= 4 is 23.2 Å². The van der Waals surface area contributed by atoms with E-state index < -0.39 is 0 Å². The van der Waals surface area contributed by atoms with E-state index >= 15 is 0 Å². The normalized spacial score (nSPS) is 24.0. The number of anilines is 3. The molecule has 1 saturated heterocycles. The Morgan fingerprint density at radius 1 is 1.04 bits per heavy atom. The third-order valence-electron chi connectivity index (χ3n) is 5.72. The van der Waals surface area contributed by atoms with Crippen LogP contribution in [-0.4, -0.2) is 28.8 Å². The molecule has 0 saturated carbocycles. The van der Waals surface area contributed by atoms with Crippen molar-refractivity contribution < 1.29 is 4.79 Å². The van der Waals surface area contributed by atoms with Crippen LogP contribution in [0, 0.1) is 17.3 Å². The summed E-state index contributed by atoms with van der Waals surface area (Å²) in [5, 5.41) is 3.39. The molecule has 0 spiro atoms. The average molecular weight is 379 g/mol. The number of benzene rings is 1. The Morgan fingerprint density at radius 3 is 2.39 bits per heavy atom. The predicted octanol–water partition coefficient (Wildman–Crippen LogP) is 4.86. The standard InChI is InChI=1S/C23H30N4O/c1-15-10-16(2)14-27(13-15)22-25-18-11-23(3,4)12-19(28)20(18)21(26-22)24-17-8-6-5-7-9-17/h5-9,15-16H,10-14H2,1-4H3,(H,24,25,26). The maximum absolute atomic E-state index is 13.0. The molecule has 0 bridgehead atoms. The molecular formula is C23H30N4O. The van der Waals surface area contributed by atoms with Gasteiger partial charge in [0.1, 0.15) is 5.82 Å². The lowest BCUT2D eigenvalue weighted by atomic mass is 9.75. The van der Waals surface area contributed by atoms with Crippen LogP contribution in [0.4, 0.5) is 17.5 Å². The SMILES string of the molecule is CC1CC(C)CN(c2nc3c(c(Nc4ccccc4)n2)C(=O)CC(C)(C)C3)C1. The third kappa shape index (κ3) is 3.89. The molecule has 1 aromatic heterocycles. The number of hydrogen-bond acceptors (Lipinski definition) is 5. The van der Waals surface area contributed by atoms with Crippen molar-refractivity contribution in [3.63, 3.8) is 0 Å². The summed E-state index contributed by atoms with van der Waals surface area (Å²) >= 11 is 0. The lowest BCUT2D eigenvalue weighted by Crippen LogP contribution is -2.40. The first-order valence-electron chi connectivity index (χ1n) is 10.3. The molecule has 2 heterocycles. The number of carbonyl (C=O) groups excluding carboxylic acids is 1. The van der Waals surface area contributed by atoms with Crippen LogP contribution in [0.3, 0.4) is 0 Å². The van der Waals surface area contributed by atoms with Crippen LogP contribution in [-0.2, 0) is 6.42 Å². The van der Waals surface area contributed by atoms with Gasteiger partial charge in [0.15, 0.2) is 5.78 Å². The molecule has 1 aliphatic heterocycles. The number of carbonyl (C=O) groups is 1. The van der Waals surface area contributed by atoms with E-state index in [0.29, 0.717) is 29.6 Å². The van der Waals surface area contributed by atoms with Gasteiger partial charge in [-0.3, -0.25) is 4.79 Å². The smallest absolute Gasteiger partial charge is 0.227 e. The predicted molar refractivity (Wildman–Crippen MR) is 113 cm³/mol. The van der Waals surface area contributed by atoms with Crippen molar-refractivity contribution in [2.75, 3.05) is 23.3 Å². The molecule has 148 valence electrons. The zero-order valence-corrected chi connectivity index (χ0v) is 17.3. The van der Waals surface area contributed by atoms with E-state index in [1.807, 2.05) is 30.3 Å². The number of aromatic nitrogens is 2. The van der Waals surface area contributed by atoms with Gasteiger partial charge in [-0.2, -0.15) is 4.98 Å². The summed E-state index contributed by atoms with van der Waals surface area (Å²) < 4.78 is 0. The van der Waals surface area contributed by atoms with Gasteiger partial charge in [0.05, 0.1) is 11.3 Å². The number of piperidine rings is 1. The number of ketones is 1. The summed E-state index contributed by atoms with van der Waals surface area (Å²) in [5.41, 5.74) is 2.43. The van der Waals surface area contributed by atoms with Gasteiger partial charge < -0.3 is 10.2 Å². The van der Waals surface area contributed by atoms with Crippen LogP contribution in [0.5, 0.6) is 0 Å². The Balaban J connectivity index is 1.78. The Morgan fingerprint density at radius 2 is 1.71 bits per heavy atom. The second kappa shape index (κ2) is 7.19. The van der Waals surface area contributed by atoms with Gasteiger partial charge in [-0.15, -0.1) is 0 Å². The Labute approximate surface area is 167 Å². The maximum atomic E-state index is 13.0. The molecule has 1 aromatic carbocycles. The highest BCUT2D eigenvalue weighted by atomic mass is 16.1. The van der Waals surface area contributed by atoms with Crippen molar-refractivity contribution in [2.24, 2.45) is 17.3 Å². The summed E-state index contributed by atoms with van der Waals surface area (Å²) in [6.07, 6.45) is 2.57. The molecule has 1 fully saturated rings. The highest BCUT2D eigenvalue weighted by Crippen LogP contribution is 2.38. The van der Waals surface area contributed by atoms with E-state index in [4.69, 9.17) is 9.97 Å². The van der Waals surface area contributed by atoms with Crippen LogP contribution in [0.1, 0.15) is 56.6 Å². The van der Waals surface area contributed by atoms with E-state index in [0.717, 1.165) is 36.8 Å². The summed E-state index contributed by atoms with van der Waals surface area (Å²) in [4.78, 5) is 25.0. The number of hydrogen-bond donors (Lipinski definition) is 1. The zero-order chi connectivity index (χ0) is 19.9. The molecule has 1 N–H and O–H groups in total. The molecule has 0 radical (unpaired) electrons. The molecular weight excluding hydrogens is 348 g/mol. The van der Waals surface area contributed by atoms with Crippen LogP contribution in [0.25, 0.3) is 0 Å². The lowest BCUT2D eigenvalue weighted by molar-refractivity contribution is 0.0911. The van der Waals surface area contributed by atoms with Gasteiger partial charge in [-0.1, -0.05) is 45.9 Å². The molecule has 0 amide bonds. The zero-order valence-electron chi connectivity index (χ0n) is 17.3. The monoisotopic (exact) mass is 378 g/mol. The topological polar surface area (TPSA) is 58.1 Å². The van der Waals surface area contributed by atoms with Gasteiger partial charge in [-0.05, 0) is 42.2 Å². The maximum Gasteiger partial charge on any atom is 0.227 e.